The van der Waals surface area contributed by atoms with Crippen LogP contribution in [0.15, 0.2) is 11.6 Å². The van der Waals surface area contributed by atoms with Crippen LogP contribution in [0.3, 0.4) is 0 Å². The summed E-state index contributed by atoms with van der Waals surface area (Å²) in [5, 5.41) is 10.8. The predicted octanol–water partition coefficient (Wildman–Crippen LogP) is 2.05. The van der Waals surface area contributed by atoms with E-state index in [0.717, 1.165) is 12.0 Å². The lowest BCUT2D eigenvalue weighted by atomic mass is 9.47. The highest BCUT2D eigenvalue weighted by Crippen LogP contribution is 2.67. The Morgan fingerprint density at radius 2 is 2.00 bits per heavy atom. The van der Waals surface area contributed by atoms with Crippen molar-refractivity contribution in [1.82, 2.24) is 0 Å². The second-order valence-corrected chi connectivity index (χ2v) is 8.29. The molecule has 25 heavy (non-hydrogen) atoms. The van der Waals surface area contributed by atoms with E-state index in [1.54, 1.807) is 14.2 Å². The standard InChI is InChI=1S/C19H30O6/c1-10-7-13(22-5)16(23-6)15-12-9-18(3,4)19(12,25-17(15)21)14(8-10)24-11(2)20/h7,12-17,21H,8-9H2,1-6H3/b10-7+/t12-,13-,14+,15+,16+,17-,19-/m1/s1. The maximum Gasteiger partial charge on any atom is 0.303 e. The van der Waals surface area contributed by atoms with Crippen molar-refractivity contribution < 1.29 is 28.8 Å². The number of carbonyl (C=O) groups is 1. The SMILES string of the molecule is CO[C@@H]1[C@H]2[C@H](O)O[C@@]3([C@@H](OC(C)=O)C/C(C)=C/[C@H]1OC)[C@@H]2CC3(C)C. The predicted molar refractivity (Wildman–Crippen MR) is 90.7 cm³/mol. The van der Waals surface area contributed by atoms with Gasteiger partial charge in [0.2, 0.25) is 0 Å². The zero-order valence-corrected chi connectivity index (χ0v) is 15.9. The first-order chi connectivity index (χ1) is 11.7. The Balaban J connectivity index is 2.11. The van der Waals surface area contributed by atoms with Crippen LogP contribution in [0.1, 0.15) is 40.5 Å². The molecule has 1 aliphatic heterocycles. The van der Waals surface area contributed by atoms with Gasteiger partial charge in [-0.2, -0.15) is 0 Å². The van der Waals surface area contributed by atoms with Gasteiger partial charge >= 0.3 is 5.97 Å². The molecule has 0 amide bonds. The monoisotopic (exact) mass is 354 g/mol. The summed E-state index contributed by atoms with van der Waals surface area (Å²) in [6, 6.07) is 0. The third kappa shape index (κ3) is 2.65. The first-order valence-corrected chi connectivity index (χ1v) is 8.94. The van der Waals surface area contributed by atoms with E-state index in [-0.39, 0.29) is 35.4 Å². The summed E-state index contributed by atoms with van der Waals surface area (Å²) >= 11 is 0. The number of methoxy groups -OCH3 is 2. The fraction of sp³-hybridized carbons (Fsp3) is 0.842. The van der Waals surface area contributed by atoms with Crippen LogP contribution in [-0.4, -0.2) is 55.5 Å². The van der Waals surface area contributed by atoms with Gasteiger partial charge < -0.3 is 24.1 Å². The zero-order chi connectivity index (χ0) is 18.6. The molecule has 1 saturated carbocycles. The average molecular weight is 354 g/mol. The minimum absolute atomic E-state index is 0.0451. The van der Waals surface area contributed by atoms with Gasteiger partial charge in [-0.25, -0.2) is 0 Å². The van der Waals surface area contributed by atoms with Crippen molar-refractivity contribution >= 4 is 5.97 Å². The van der Waals surface area contributed by atoms with Crippen molar-refractivity contribution in [2.45, 2.75) is 70.7 Å². The molecule has 0 unspecified atom stereocenters. The van der Waals surface area contributed by atoms with Crippen LogP contribution in [0, 0.1) is 17.3 Å². The van der Waals surface area contributed by atoms with Crippen LogP contribution in [-0.2, 0) is 23.7 Å². The van der Waals surface area contributed by atoms with E-state index in [1.165, 1.54) is 6.92 Å². The Labute approximate surface area is 149 Å². The molecule has 0 spiro atoms. The molecule has 7 atom stereocenters. The van der Waals surface area contributed by atoms with Crippen molar-refractivity contribution in [3.8, 4) is 0 Å². The number of aliphatic hydroxyl groups is 1. The lowest BCUT2D eigenvalue weighted by Gasteiger charge is -2.61. The minimum atomic E-state index is -0.973. The molecule has 3 rings (SSSR count). The molecular weight excluding hydrogens is 324 g/mol. The number of carbonyl (C=O) groups excluding carboxylic acids is 1. The van der Waals surface area contributed by atoms with Gasteiger partial charge in [0.1, 0.15) is 17.8 Å². The molecule has 1 saturated heterocycles. The van der Waals surface area contributed by atoms with Crippen LogP contribution in [0.5, 0.6) is 0 Å². The van der Waals surface area contributed by atoms with E-state index in [0.29, 0.717) is 6.42 Å². The second kappa shape index (κ2) is 6.34. The summed E-state index contributed by atoms with van der Waals surface area (Å²) in [6.45, 7) is 7.65. The molecule has 142 valence electrons. The molecule has 1 N–H and O–H groups in total. The van der Waals surface area contributed by atoms with Crippen LogP contribution in [0.25, 0.3) is 0 Å². The number of hydrogen-bond donors (Lipinski definition) is 1. The fourth-order valence-corrected chi connectivity index (χ4v) is 5.45. The van der Waals surface area contributed by atoms with Crippen molar-refractivity contribution in [1.29, 1.82) is 0 Å². The van der Waals surface area contributed by atoms with Crippen molar-refractivity contribution in [2.75, 3.05) is 14.2 Å². The average Bonchev–Trinajstić information content (AvgIpc) is 2.77. The molecule has 6 nitrogen and oxygen atoms in total. The first kappa shape index (κ1) is 18.8. The highest BCUT2D eigenvalue weighted by Gasteiger charge is 2.75. The topological polar surface area (TPSA) is 74.2 Å². The van der Waals surface area contributed by atoms with Crippen LogP contribution in [0.2, 0.25) is 0 Å². The van der Waals surface area contributed by atoms with E-state index >= 15 is 0 Å². The van der Waals surface area contributed by atoms with Crippen LogP contribution < -0.4 is 0 Å². The lowest BCUT2D eigenvalue weighted by molar-refractivity contribution is -0.276. The quantitative estimate of drug-likeness (QED) is 0.618. The Morgan fingerprint density at radius 3 is 2.52 bits per heavy atom. The number of ether oxygens (including phenoxy) is 4. The molecule has 0 aromatic carbocycles. The van der Waals surface area contributed by atoms with Crippen LogP contribution in [0.4, 0.5) is 0 Å². The molecule has 2 bridgehead atoms. The summed E-state index contributed by atoms with van der Waals surface area (Å²) in [5.41, 5.74) is 0.137. The Morgan fingerprint density at radius 1 is 1.32 bits per heavy atom. The normalized spacial score (nSPS) is 47.4. The molecule has 0 aromatic heterocycles. The van der Waals surface area contributed by atoms with Gasteiger partial charge in [0.15, 0.2) is 6.29 Å². The van der Waals surface area contributed by atoms with Gasteiger partial charge in [0.25, 0.3) is 0 Å². The van der Waals surface area contributed by atoms with Crippen LogP contribution >= 0.6 is 0 Å². The van der Waals surface area contributed by atoms with Gasteiger partial charge in [-0.15, -0.1) is 0 Å². The molecule has 2 fully saturated rings. The van der Waals surface area contributed by atoms with E-state index in [4.69, 9.17) is 18.9 Å². The van der Waals surface area contributed by atoms with Gasteiger partial charge in [-0.1, -0.05) is 25.5 Å². The summed E-state index contributed by atoms with van der Waals surface area (Å²) in [7, 11) is 3.28. The number of aliphatic hydroxyl groups excluding tert-OH is 1. The molecule has 1 heterocycles. The van der Waals surface area contributed by atoms with Gasteiger partial charge in [0, 0.05) is 39.4 Å². The fourth-order valence-electron chi connectivity index (χ4n) is 5.45. The van der Waals surface area contributed by atoms with Gasteiger partial charge in [0.05, 0.1) is 6.10 Å². The zero-order valence-electron chi connectivity index (χ0n) is 15.9. The molecule has 2 aliphatic carbocycles. The number of hydrogen-bond acceptors (Lipinski definition) is 6. The molecule has 6 heteroatoms. The number of rotatable bonds is 3. The lowest BCUT2D eigenvalue weighted by Crippen LogP contribution is -2.68. The summed E-state index contributed by atoms with van der Waals surface area (Å²) in [6.07, 6.45) is 1.41. The Bertz CT molecular complexity index is 570. The summed E-state index contributed by atoms with van der Waals surface area (Å²) in [4.78, 5) is 11.8. The summed E-state index contributed by atoms with van der Waals surface area (Å²) in [5.74, 6) is -0.520. The van der Waals surface area contributed by atoms with E-state index in [9.17, 15) is 9.90 Å². The summed E-state index contributed by atoms with van der Waals surface area (Å²) < 4.78 is 23.3. The highest BCUT2D eigenvalue weighted by molar-refractivity contribution is 5.66. The largest absolute Gasteiger partial charge is 0.459 e. The molecule has 0 aromatic rings. The minimum Gasteiger partial charge on any atom is -0.459 e. The molecule has 3 aliphatic rings. The van der Waals surface area contributed by atoms with Gasteiger partial charge in [-0.3, -0.25) is 4.79 Å². The van der Waals surface area contributed by atoms with E-state index in [1.807, 2.05) is 13.0 Å². The smallest absolute Gasteiger partial charge is 0.303 e. The number of esters is 1. The third-order valence-electron chi connectivity index (χ3n) is 6.44. The van der Waals surface area contributed by atoms with E-state index < -0.39 is 18.0 Å². The van der Waals surface area contributed by atoms with Crippen molar-refractivity contribution in [2.24, 2.45) is 17.3 Å². The third-order valence-corrected chi connectivity index (χ3v) is 6.44. The van der Waals surface area contributed by atoms with Crippen molar-refractivity contribution in [3.05, 3.63) is 11.6 Å². The molecular formula is C19H30O6. The highest BCUT2D eigenvalue weighted by atomic mass is 16.7. The Hall–Kier alpha value is -0.950. The second-order valence-electron chi connectivity index (χ2n) is 8.29. The van der Waals surface area contributed by atoms with E-state index in [2.05, 4.69) is 13.8 Å². The van der Waals surface area contributed by atoms with Gasteiger partial charge in [-0.05, 0) is 18.8 Å². The maximum absolute atomic E-state index is 11.8. The maximum atomic E-state index is 11.8. The Kier molecular flexibility index (Phi) is 4.77. The molecule has 0 radical (unpaired) electrons. The van der Waals surface area contributed by atoms with Crippen molar-refractivity contribution in [3.63, 3.8) is 0 Å². The first-order valence-electron chi connectivity index (χ1n) is 8.94.